The van der Waals surface area contributed by atoms with Gasteiger partial charge in [-0.15, -0.1) is 0 Å². The summed E-state index contributed by atoms with van der Waals surface area (Å²) in [6, 6.07) is 9.07. The Morgan fingerprint density at radius 3 is 2.65 bits per heavy atom. The van der Waals surface area contributed by atoms with Crippen molar-refractivity contribution in [3.8, 4) is 0 Å². The summed E-state index contributed by atoms with van der Waals surface area (Å²) < 4.78 is 13.8. The zero-order valence-corrected chi connectivity index (χ0v) is 10.4. The van der Waals surface area contributed by atoms with Crippen LogP contribution in [0.2, 0.25) is 0 Å². The van der Waals surface area contributed by atoms with Gasteiger partial charge in [0.2, 0.25) is 5.82 Å². The highest BCUT2D eigenvalue weighted by molar-refractivity contribution is 5.93. The zero-order chi connectivity index (χ0) is 14.5. The Kier molecular flexibility index (Phi) is 4.05. The van der Waals surface area contributed by atoms with E-state index in [9.17, 15) is 18.8 Å². The van der Waals surface area contributed by atoms with Crippen molar-refractivity contribution in [2.75, 3.05) is 0 Å². The van der Waals surface area contributed by atoms with E-state index in [1.54, 1.807) is 17.1 Å². The van der Waals surface area contributed by atoms with Crippen molar-refractivity contribution in [3.63, 3.8) is 0 Å². The lowest BCUT2D eigenvalue weighted by molar-refractivity contribution is -0.113. The summed E-state index contributed by atoms with van der Waals surface area (Å²) in [5.74, 6) is -1.33. The van der Waals surface area contributed by atoms with Crippen LogP contribution in [-0.4, -0.2) is 15.3 Å². The Morgan fingerprint density at radius 2 is 1.95 bits per heavy atom. The molecule has 0 aliphatic heterocycles. The van der Waals surface area contributed by atoms with Crippen LogP contribution in [0, 0.1) is 5.82 Å². The summed E-state index contributed by atoms with van der Waals surface area (Å²) in [6.07, 6.45) is 3.18. The molecule has 0 saturated carbocycles. The highest BCUT2D eigenvalue weighted by Gasteiger charge is 2.02. The number of hydrogen-bond acceptors (Lipinski definition) is 3. The second-order valence-electron chi connectivity index (χ2n) is 4.09. The number of allylic oxidation sites excluding steroid dienone is 1. The zero-order valence-electron chi connectivity index (χ0n) is 10.4. The van der Waals surface area contributed by atoms with Gasteiger partial charge < -0.3 is 0 Å². The second kappa shape index (κ2) is 5.92. The number of rotatable bonds is 4. The SMILES string of the molecule is O=C(/C=C/n1cc(F)c(=O)[nH]c1=O)Cc1ccccc1. The molecule has 1 heterocycles. The number of nitrogens with zero attached hydrogens (tertiary/aromatic N) is 1. The van der Waals surface area contributed by atoms with Crippen LogP contribution < -0.4 is 11.2 Å². The molecular weight excluding hydrogens is 263 g/mol. The average Bonchev–Trinajstić information content (AvgIpc) is 2.42. The highest BCUT2D eigenvalue weighted by Crippen LogP contribution is 2.00. The number of benzene rings is 1. The third-order valence-electron chi connectivity index (χ3n) is 2.57. The van der Waals surface area contributed by atoms with E-state index in [0.717, 1.165) is 28.6 Å². The molecular formula is C14H11FN2O3. The normalized spacial score (nSPS) is 10.8. The third-order valence-corrected chi connectivity index (χ3v) is 2.57. The van der Waals surface area contributed by atoms with Crippen LogP contribution in [0.15, 0.2) is 52.2 Å². The topological polar surface area (TPSA) is 71.9 Å². The van der Waals surface area contributed by atoms with Gasteiger partial charge in [0.1, 0.15) is 0 Å². The van der Waals surface area contributed by atoms with Crippen LogP contribution in [0.3, 0.4) is 0 Å². The maximum absolute atomic E-state index is 13.0. The van der Waals surface area contributed by atoms with E-state index in [1.807, 2.05) is 18.2 Å². The molecule has 0 fully saturated rings. The number of nitrogens with one attached hydrogen (secondary N) is 1. The first-order valence-corrected chi connectivity index (χ1v) is 5.82. The van der Waals surface area contributed by atoms with Gasteiger partial charge in [0.25, 0.3) is 5.56 Å². The van der Waals surface area contributed by atoms with Crippen LogP contribution in [0.5, 0.6) is 0 Å². The van der Waals surface area contributed by atoms with Crippen LogP contribution in [-0.2, 0) is 11.2 Å². The monoisotopic (exact) mass is 274 g/mol. The molecule has 0 atom stereocenters. The minimum absolute atomic E-state index is 0.178. The number of ketones is 1. The maximum atomic E-state index is 13.0. The van der Waals surface area contributed by atoms with Crippen LogP contribution in [0.1, 0.15) is 5.56 Å². The minimum atomic E-state index is -1.09. The predicted octanol–water partition coefficient (Wildman–Crippen LogP) is 0.958. The Labute approximate surface area is 113 Å². The molecule has 0 aliphatic carbocycles. The largest absolute Gasteiger partial charge is 0.332 e. The van der Waals surface area contributed by atoms with Gasteiger partial charge in [-0.25, -0.2) is 4.79 Å². The van der Waals surface area contributed by atoms with Crippen molar-refractivity contribution >= 4 is 12.0 Å². The Balaban J connectivity index is 2.14. The van der Waals surface area contributed by atoms with Crippen molar-refractivity contribution in [1.82, 2.24) is 9.55 Å². The predicted molar refractivity (Wildman–Crippen MR) is 71.8 cm³/mol. The Bertz CT molecular complexity index is 760. The Hall–Kier alpha value is -2.76. The lowest BCUT2D eigenvalue weighted by Crippen LogP contribution is -2.29. The van der Waals surface area contributed by atoms with Gasteiger partial charge >= 0.3 is 5.69 Å². The maximum Gasteiger partial charge on any atom is 0.332 e. The van der Waals surface area contributed by atoms with Crippen molar-refractivity contribution in [1.29, 1.82) is 0 Å². The molecule has 20 heavy (non-hydrogen) atoms. The highest BCUT2D eigenvalue weighted by atomic mass is 19.1. The standard InChI is InChI=1S/C14H11FN2O3/c15-12-9-17(14(20)16-13(12)19)7-6-11(18)8-10-4-2-1-3-5-10/h1-7,9H,8H2,(H,16,19,20)/b7-6+. The first-order chi connectivity index (χ1) is 9.56. The van der Waals surface area contributed by atoms with E-state index in [0.29, 0.717) is 0 Å². The summed E-state index contributed by atoms with van der Waals surface area (Å²) in [5.41, 5.74) is -1.06. The number of halogens is 1. The van der Waals surface area contributed by atoms with Gasteiger partial charge in [0, 0.05) is 12.6 Å². The molecule has 1 N–H and O–H groups in total. The van der Waals surface area contributed by atoms with Crippen LogP contribution in [0.25, 0.3) is 6.20 Å². The smallest absolute Gasteiger partial charge is 0.294 e. The molecule has 0 radical (unpaired) electrons. The summed E-state index contributed by atoms with van der Waals surface area (Å²) in [5, 5.41) is 0. The number of aromatic nitrogens is 2. The van der Waals surface area contributed by atoms with Gasteiger partial charge in [0.15, 0.2) is 5.78 Å². The molecule has 102 valence electrons. The molecule has 5 nitrogen and oxygen atoms in total. The molecule has 6 heteroatoms. The number of H-pyrrole nitrogens is 1. The van der Waals surface area contributed by atoms with Crippen LogP contribution >= 0.6 is 0 Å². The van der Waals surface area contributed by atoms with E-state index in [1.165, 1.54) is 0 Å². The number of carbonyl (C=O) groups excluding carboxylic acids is 1. The van der Waals surface area contributed by atoms with Crippen molar-refractivity contribution in [3.05, 3.63) is 74.8 Å². The number of hydrogen-bond donors (Lipinski definition) is 1. The molecule has 2 aromatic rings. The van der Waals surface area contributed by atoms with Gasteiger partial charge in [-0.2, -0.15) is 4.39 Å². The molecule has 2 rings (SSSR count). The Morgan fingerprint density at radius 1 is 1.25 bits per heavy atom. The quantitative estimate of drug-likeness (QED) is 0.844. The summed E-state index contributed by atoms with van der Waals surface area (Å²) in [4.78, 5) is 35.7. The molecule has 0 aliphatic rings. The molecule has 0 spiro atoms. The first-order valence-electron chi connectivity index (χ1n) is 5.82. The van der Waals surface area contributed by atoms with E-state index in [-0.39, 0.29) is 12.2 Å². The lowest BCUT2D eigenvalue weighted by Gasteiger charge is -1.98. The van der Waals surface area contributed by atoms with Gasteiger partial charge in [0.05, 0.1) is 6.20 Å². The van der Waals surface area contributed by atoms with Gasteiger partial charge in [-0.1, -0.05) is 30.3 Å². The summed E-state index contributed by atoms with van der Waals surface area (Å²) in [6.45, 7) is 0. The molecule has 1 aromatic carbocycles. The summed E-state index contributed by atoms with van der Waals surface area (Å²) in [7, 11) is 0. The molecule has 0 unspecified atom stereocenters. The van der Waals surface area contributed by atoms with Crippen LogP contribution in [0.4, 0.5) is 4.39 Å². The molecule has 0 saturated heterocycles. The van der Waals surface area contributed by atoms with E-state index >= 15 is 0 Å². The summed E-state index contributed by atoms with van der Waals surface area (Å²) >= 11 is 0. The van der Waals surface area contributed by atoms with Gasteiger partial charge in [-0.05, 0) is 11.6 Å². The first kappa shape index (κ1) is 13.7. The van der Waals surface area contributed by atoms with Crippen molar-refractivity contribution in [2.45, 2.75) is 6.42 Å². The molecule has 1 aromatic heterocycles. The molecule has 0 amide bonds. The van der Waals surface area contributed by atoms with E-state index in [2.05, 4.69) is 0 Å². The van der Waals surface area contributed by atoms with E-state index in [4.69, 9.17) is 0 Å². The molecule has 0 bridgehead atoms. The van der Waals surface area contributed by atoms with E-state index < -0.39 is 17.1 Å². The lowest BCUT2D eigenvalue weighted by atomic mass is 10.1. The fourth-order valence-corrected chi connectivity index (χ4v) is 1.59. The van der Waals surface area contributed by atoms with Crippen molar-refractivity contribution < 1.29 is 9.18 Å². The van der Waals surface area contributed by atoms with Crippen molar-refractivity contribution in [2.24, 2.45) is 0 Å². The fourth-order valence-electron chi connectivity index (χ4n) is 1.59. The fraction of sp³-hybridized carbons (Fsp3) is 0.0714. The second-order valence-corrected chi connectivity index (χ2v) is 4.09. The average molecular weight is 274 g/mol. The number of aromatic amines is 1. The minimum Gasteiger partial charge on any atom is -0.294 e. The number of carbonyl (C=O) groups is 1. The third kappa shape index (κ3) is 3.38. The van der Waals surface area contributed by atoms with Gasteiger partial charge in [-0.3, -0.25) is 19.1 Å².